The lowest BCUT2D eigenvalue weighted by Crippen LogP contribution is -2.10. The van der Waals surface area contributed by atoms with Crippen molar-refractivity contribution in [2.45, 2.75) is 19.6 Å². The van der Waals surface area contributed by atoms with E-state index in [1.807, 2.05) is 24.3 Å². The zero-order chi connectivity index (χ0) is 14.5. The van der Waals surface area contributed by atoms with Crippen molar-refractivity contribution in [1.29, 1.82) is 0 Å². The molecule has 104 valence electrons. The third-order valence-corrected chi connectivity index (χ3v) is 2.98. The van der Waals surface area contributed by atoms with Crippen LogP contribution in [0, 0.1) is 0 Å². The van der Waals surface area contributed by atoms with Crippen molar-refractivity contribution in [2.75, 3.05) is 0 Å². The Labute approximate surface area is 117 Å². The van der Waals surface area contributed by atoms with E-state index in [4.69, 9.17) is 10.5 Å². The summed E-state index contributed by atoms with van der Waals surface area (Å²) in [5.41, 5.74) is 7.41. The van der Waals surface area contributed by atoms with Crippen molar-refractivity contribution in [3.8, 4) is 5.75 Å². The highest BCUT2D eigenvalue weighted by molar-refractivity contribution is 5.92. The van der Waals surface area contributed by atoms with Gasteiger partial charge >= 0.3 is 0 Å². The molecule has 2 rings (SSSR count). The zero-order valence-electron chi connectivity index (χ0n) is 11.2. The molecule has 0 saturated heterocycles. The van der Waals surface area contributed by atoms with Gasteiger partial charge in [0.15, 0.2) is 0 Å². The standard InChI is InChI=1S/C16H17NO3/c1-11(18)14-3-2-4-15(9-14)20-10-12-5-7-13(8-6-12)16(17)19/h2-9,11,18H,10H2,1H3,(H2,17,19). The highest BCUT2D eigenvalue weighted by Crippen LogP contribution is 2.19. The van der Waals surface area contributed by atoms with E-state index >= 15 is 0 Å². The molecule has 1 unspecified atom stereocenters. The number of benzene rings is 2. The first-order chi connectivity index (χ1) is 9.56. The fraction of sp³-hybridized carbons (Fsp3) is 0.188. The Bertz CT molecular complexity index is 591. The normalized spacial score (nSPS) is 11.9. The summed E-state index contributed by atoms with van der Waals surface area (Å²) in [4.78, 5) is 11.0. The molecule has 0 aliphatic heterocycles. The molecular formula is C16H17NO3. The molecule has 0 bridgehead atoms. The highest BCUT2D eigenvalue weighted by Gasteiger charge is 2.03. The Morgan fingerprint density at radius 3 is 2.55 bits per heavy atom. The van der Waals surface area contributed by atoms with E-state index in [1.54, 1.807) is 31.2 Å². The topological polar surface area (TPSA) is 72.6 Å². The van der Waals surface area contributed by atoms with Gasteiger partial charge in [-0.15, -0.1) is 0 Å². The molecule has 0 spiro atoms. The van der Waals surface area contributed by atoms with Crippen LogP contribution in [0.2, 0.25) is 0 Å². The van der Waals surface area contributed by atoms with Crippen LogP contribution in [-0.2, 0) is 6.61 Å². The molecule has 3 N–H and O–H groups in total. The fourth-order valence-corrected chi connectivity index (χ4v) is 1.80. The molecule has 1 atom stereocenters. The molecule has 0 fully saturated rings. The molecule has 0 aliphatic rings. The number of carbonyl (C=O) groups is 1. The Morgan fingerprint density at radius 2 is 1.95 bits per heavy atom. The summed E-state index contributed by atoms with van der Waals surface area (Å²) >= 11 is 0. The third-order valence-electron chi connectivity index (χ3n) is 2.98. The molecule has 0 radical (unpaired) electrons. The minimum atomic E-state index is -0.520. The van der Waals surface area contributed by atoms with Gasteiger partial charge in [-0.3, -0.25) is 4.79 Å². The number of primary amides is 1. The summed E-state index contributed by atoms with van der Waals surface area (Å²) < 4.78 is 5.66. The Kier molecular flexibility index (Phi) is 4.38. The van der Waals surface area contributed by atoms with Gasteiger partial charge in [0.2, 0.25) is 5.91 Å². The molecular weight excluding hydrogens is 254 g/mol. The first-order valence-electron chi connectivity index (χ1n) is 6.36. The second-order valence-corrected chi connectivity index (χ2v) is 4.60. The van der Waals surface area contributed by atoms with Crippen LogP contribution >= 0.6 is 0 Å². The third kappa shape index (κ3) is 3.59. The highest BCUT2D eigenvalue weighted by atomic mass is 16.5. The predicted octanol–water partition coefficient (Wildman–Crippen LogP) is 2.42. The van der Waals surface area contributed by atoms with E-state index in [-0.39, 0.29) is 0 Å². The average Bonchev–Trinajstić information content (AvgIpc) is 2.46. The molecule has 4 nitrogen and oxygen atoms in total. The first-order valence-corrected chi connectivity index (χ1v) is 6.36. The summed E-state index contributed by atoms with van der Waals surface area (Å²) in [7, 11) is 0. The van der Waals surface area contributed by atoms with Crippen LogP contribution in [0.5, 0.6) is 5.75 Å². The Hall–Kier alpha value is -2.33. The molecule has 2 aromatic carbocycles. The van der Waals surface area contributed by atoms with Gasteiger partial charge in [-0.25, -0.2) is 0 Å². The molecule has 1 amide bonds. The van der Waals surface area contributed by atoms with Crippen LogP contribution in [0.4, 0.5) is 0 Å². The minimum absolute atomic E-state index is 0.391. The van der Waals surface area contributed by atoms with Gasteiger partial charge in [-0.1, -0.05) is 24.3 Å². The van der Waals surface area contributed by atoms with Crippen molar-refractivity contribution in [3.63, 3.8) is 0 Å². The van der Waals surface area contributed by atoms with Crippen LogP contribution in [0.25, 0.3) is 0 Å². The smallest absolute Gasteiger partial charge is 0.248 e. The van der Waals surface area contributed by atoms with Crippen molar-refractivity contribution in [2.24, 2.45) is 5.73 Å². The summed E-state index contributed by atoms with van der Waals surface area (Å²) in [5.74, 6) is 0.254. The molecule has 0 aliphatic carbocycles. The van der Waals surface area contributed by atoms with Crippen LogP contribution in [0.15, 0.2) is 48.5 Å². The van der Waals surface area contributed by atoms with Gasteiger partial charge in [-0.05, 0) is 42.3 Å². The number of ether oxygens (including phenoxy) is 1. The monoisotopic (exact) mass is 271 g/mol. The Morgan fingerprint density at radius 1 is 1.25 bits per heavy atom. The van der Waals surface area contributed by atoms with Gasteiger partial charge in [0.25, 0.3) is 0 Å². The van der Waals surface area contributed by atoms with E-state index in [0.717, 1.165) is 11.1 Å². The number of hydrogen-bond acceptors (Lipinski definition) is 3. The zero-order valence-corrected chi connectivity index (χ0v) is 11.2. The van der Waals surface area contributed by atoms with E-state index in [1.165, 1.54) is 0 Å². The lowest BCUT2D eigenvalue weighted by atomic mass is 10.1. The first kappa shape index (κ1) is 14.1. The number of aliphatic hydroxyl groups is 1. The van der Waals surface area contributed by atoms with Crippen LogP contribution in [0.3, 0.4) is 0 Å². The SMILES string of the molecule is CC(O)c1cccc(OCc2ccc(C(N)=O)cc2)c1. The lowest BCUT2D eigenvalue weighted by Gasteiger charge is -2.09. The molecule has 2 aromatic rings. The number of rotatable bonds is 5. The quantitative estimate of drug-likeness (QED) is 0.877. The maximum absolute atomic E-state index is 11.0. The van der Waals surface area contributed by atoms with Crippen LogP contribution < -0.4 is 10.5 Å². The molecule has 20 heavy (non-hydrogen) atoms. The summed E-state index contributed by atoms with van der Waals surface area (Å²) in [6, 6.07) is 14.3. The van der Waals surface area contributed by atoms with Crippen molar-refractivity contribution < 1.29 is 14.6 Å². The fourth-order valence-electron chi connectivity index (χ4n) is 1.80. The number of carbonyl (C=O) groups excluding carboxylic acids is 1. The van der Waals surface area contributed by atoms with Crippen molar-refractivity contribution in [1.82, 2.24) is 0 Å². The molecule has 4 heteroatoms. The van der Waals surface area contributed by atoms with E-state index < -0.39 is 12.0 Å². The summed E-state index contributed by atoms with van der Waals surface area (Å²) in [6.07, 6.45) is -0.520. The second-order valence-electron chi connectivity index (χ2n) is 4.60. The Balaban J connectivity index is 2.01. The van der Waals surface area contributed by atoms with E-state index in [9.17, 15) is 9.90 Å². The maximum Gasteiger partial charge on any atom is 0.248 e. The van der Waals surface area contributed by atoms with Crippen LogP contribution in [-0.4, -0.2) is 11.0 Å². The maximum atomic E-state index is 11.0. The molecule has 0 aromatic heterocycles. The molecule has 0 heterocycles. The lowest BCUT2D eigenvalue weighted by molar-refractivity contribution is 0.1000. The van der Waals surface area contributed by atoms with Gasteiger partial charge in [0.05, 0.1) is 6.10 Å². The van der Waals surface area contributed by atoms with E-state index in [2.05, 4.69) is 0 Å². The average molecular weight is 271 g/mol. The van der Waals surface area contributed by atoms with Gasteiger partial charge in [0.1, 0.15) is 12.4 Å². The molecule has 0 saturated carbocycles. The number of amides is 1. The minimum Gasteiger partial charge on any atom is -0.489 e. The van der Waals surface area contributed by atoms with Gasteiger partial charge in [-0.2, -0.15) is 0 Å². The van der Waals surface area contributed by atoms with Gasteiger partial charge in [0, 0.05) is 5.56 Å². The van der Waals surface area contributed by atoms with Gasteiger partial charge < -0.3 is 15.6 Å². The van der Waals surface area contributed by atoms with Crippen LogP contribution in [0.1, 0.15) is 34.5 Å². The number of nitrogens with two attached hydrogens (primary N) is 1. The summed E-state index contributed by atoms with van der Waals surface area (Å²) in [5, 5.41) is 9.52. The summed E-state index contributed by atoms with van der Waals surface area (Å²) in [6.45, 7) is 2.10. The number of aliphatic hydroxyl groups excluding tert-OH is 1. The second kappa shape index (κ2) is 6.21. The number of hydrogen-bond donors (Lipinski definition) is 2. The predicted molar refractivity (Wildman–Crippen MR) is 76.4 cm³/mol. The van der Waals surface area contributed by atoms with Crippen molar-refractivity contribution in [3.05, 3.63) is 65.2 Å². The largest absolute Gasteiger partial charge is 0.489 e. The van der Waals surface area contributed by atoms with Crippen molar-refractivity contribution >= 4 is 5.91 Å². The van der Waals surface area contributed by atoms with E-state index in [0.29, 0.717) is 17.9 Å².